The molecule has 2 aliphatic rings. The highest BCUT2D eigenvalue weighted by atomic mass is 16.5. The third-order valence-electron chi connectivity index (χ3n) is 6.61. The molecule has 0 spiro atoms. The van der Waals surface area contributed by atoms with Gasteiger partial charge in [-0.25, -0.2) is 4.68 Å². The van der Waals surface area contributed by atoms with E-state index in [0.29, 0.717) is 13.2 Å². The molecule has 1 aromatic heterocycles. The average molecular weight is 387 g/mol. The van der Waals surface area contributed by atoms with Gasteiger partial charge in [0.15, 0.2) is 6.04 Å². The maximum absolute atomic E-state index is 5.26. The lowest BCUT2D eigenvalue weighted by atomic mass is 10.0. The average Bonchev–Trinajstić information content (AvgIpc) is 3.41. The van der Waals surface area contributed by atoms with Crippen LogP contribution in [0, 0.1) is 6.92 Å². The Morgan fingerprint density at radius 3 is 2.50 bits per heavy atom. The summed E-state index contributed by atoms with van der Waals surface area (Å²) in [6, 6.07) is 9.97. The van der Waals surface area contributed by atoms with Gasteiger partial charge in [0.1, 0.15) is 26.2 Å². The topological polar surface area (TPSA) is 61.7 Å². The van der Waals surface area contributed by atoms with Gasteiger partial charge >= 0.3 is 0 Å². The van der Waals surface area contributed by atoms with Crippen molar-refractivity contribution in [3.63, 3.8) is 0 Å². The Balaban J connectivity index is 1.55. The lowest BCUT2D eigenvalue weighted by molar-refractivity contribution is -1.03. The van der Waals surface area contributed by atoms with Crippen LogP contribution in [-0.2, 0) is 11.3 Å². The fourth-order valence-electron chi connectivity index (χ4n) is 5.00. The number of piperazine rings is 1. The number of benzene rings is 1. The molecule has 4 rings (SSSR count). The molecule has 7 heteroatoms. The zero-order valence-electron chi connectivity index (χ0n) is 17.2. The Labute approximate surface area is 167 Å². The summed E-state index contributed by atoms with van der Waals surface area (Å²) < 4.78 is 7.19. The summed E-state index contributed by atoms with van der Waals surface area (Å²) in [6.45, 7) is 8.28. The summed E-state index contributed by atoms with van der Waals surface area (Å²) in [5, 5.41) is 12.7. The second kappa shape index (κ2) is 9.11. The van der Waals surface area contributed by atoms with Crippen LogP contribution < -0.4 is 9.80 Å². The van der Waals surface area contributed by atoms with E-state index in [1.54, 1.807) is 12.0 Å². The number of ether oxygens (including phenoxy) is 1. The monoisotopic (exact) mass is 386 g/mol. The van der Waals surface area contributed by atoms with Crippen LogP contribution in [0.15, 0.2) is 24.3 Å². The predicted octanol–water partition coefficient (Wildman–Crippen LogP) is -0.557. The molecule has 1 atom stereocenters. The first kappa shape index (κ1) is 19.5. The number of aromatic nitrogens is 4. The van der Waals surface area contributed by atoms with Gasteiger partial charge in [-0.1, -0.05) is 29.8 Å². The first-order chi connectivity index (χ1) is 13.8. The number of hydrogen-bond donors (Lipinski definition) is 2. The van der Waals surface area contributed by atoms with Gasteiger partial charge in [0.2, 0.25) is 5.82 Å². The number of quaternary nitrogens is 2. The minimum atomic E-state index is 0.178. The van der Waals surface area contributed by atoms with E-state index in [-0.39, 0.29) is 6.04 Å². The van der Waals surface area contributed by atoms with Crippen molar-refractivity contribution in [3.05, 3.63) is 41.2 Å². The van der Waals surface area contributed by atoms with Gasteiger partial charge in [-0.05, 0) is 43.0 Å². The third kappa shape index (κ3) is 4.26. The summed E-state index contributed by atoms with van der Waals surface area (Å²) in [5.41, 5.74) is 2.59. The molecule has 0 radical (unpaired) electrons. The number of nitrogens with one attached hydrogen (secondary N) is 2. The number of methoxy groups -OCH3 is 1. The molecule has 0 unspecified atom stereocenters. The first-order valence-corrected chi connectivity index (χ1v) is 10.8. The van der Waals surface area contributed by atoms with Crippen LogP contribution in [0.2, 0.25) is 0 Å². The van der Waals surface area contributed by atoms with Crippen LogP contribution in [0.25, 0.3) is 0 Å². The minimum absolute atomic E-state index is 0.178. The van der Waals surface area contributed by atoms with Gasteiger partial charge in [0, 0.05) is 12.7 Å². The van der Waals surface area contributed by atoms with Gasteiger partial charge in [-0.3, -0.25) is 0 Å². The van der Waals surface area contributed by atoms with Gasteiger partial charge in [0.05, 0.1) is 19.2 Å². The Morgan fingerprint density at radius 2 is 1.82 bits per heavy atom. The van der Waals surface area contributed by atoms with Crippen LogP contribution in [0.4, 0.5) is 0 Å². The van der Waals surface area contributed by atoms with Crippen molar-refractivity contribution in [2.45, 2.75) is 51.2 Å². The molecule has 2 fully saturated rings. The predicted molar refractivity (Wildman–Crippen MR) is 106 cm³/mol. The highest BCUT2D eigenvalue weighted by Crippen LogP contribution is 2.18. The molecular weight excluding hydrogens is 352 g/mol. The largest absolute Gasteiger partial charge is 0.383 e. The van der Waals surface area contributed by atoms with E-state index >= 15 is 0 Å². The second-order valence-electron chi connectivity index (χ2n) is 8.39. The lowest BCUT2D eigenvalue weighted by Crippen LogP contribution is -3.29. The highest BCUT2D eigenvalue weighted by Gasteiger charge is 2.37. The molecular formula is C21H34N6O+2. The van der Waals surface area contributed by atoms with E-state index in [4.69, 9.17) is 4.74 Å². The molecule has 2 aromatic rings. The van der Waals surface area contributed by atoms with Crippen molar-refractivity contribution in [2.75, 3.05) is 39.9 Å². The number of nitrogens with zero attached hydrogens (tertiary/aromatic N) is 4. The molecule has 1 aliphatic heterocycles. The van der Waals surface area contributed by atoms with Crippen molar-refractivity contribution >= 4 is 0 Å². The van der Waals surface area contributed by atoms with E-state index in [2.05, 4.69) is 46.7 Å². The van der Waals surface area contributed by atoms with Crippen LogP contribution in [-0.4, -0.2) is 66.1 Å². The molecule has 7 nitrogen and oxygen atoms in total. The van der Waals surface area contributed by atoms with Gasteiger partial charge < -0.3 is 14.5 Å². The fraction of sp³-hybridized carbons (Fsp3) is 0.667. The molecule has 1 aliphatic carbocycles. The number of tetrazole rings is 1. The van der Waals surface area contributed by atoms with Crippen molar-refractivity contribution < 1.29 is 14.5 Å². The Kier molecular flexibility index (Phi) is 6.34. The summed E-state index contributed by atoms with van der Waals surface area (Å²) >= 11 is 0. The molecule has 2 heterocycles. The third-order valence-corrected chi connectivity index (χ3v) is 6.61. The minimum Gasteiger partial charge on any atom is -0.383 e. The summed E-state index contributed by atoms with van der Waals surface area (Å²) in [5.74, 6) is 0.959. The van der Waals surface area contributed by atoms with Crippen molar-refractivity contribution in [3.8, 4) is 0 Å². The van der Waals surface area contributed by atoms with E-state index in [1.165, 1.54) is 63.0 Å². The summed E-state index contributed by atoms with van der Waals surface area (Å²) in [7, 11) is 1.72. The quantitative estimate of drug-likeness (QED) is 0.670. The van der Waals surface area contributed by atoms with Crippen LogP contribution in [0.3, 0.4) is 0 Å². The Morgan fingerprint density at radius 1 is 1.11 bits per heavy atom. The summed E-state index contributed by atoms with van der Waals surface area (Å²) in [6.07, 6.45) is 5.68. The van der Waals surface area contributed by atoms with Gasteiger partial charge in [-0.2, -0.15) is 0 Å². The zero-order valence-corrected chi connectivity index (χ0v) is 17.2. The Bertz CT molecular complexity index is 732. The van der Waals surface area contributed by atoms with Crippen LogP contribution in [0.5, 0.6) is 0 Å². The van der Waals surface area contributed by atoms with E-state index in [1.807, 2.05) is 9.58 Å². The van der Waals surface area contributed by atoms with Gasteiger partial charge in [0.25, 0.3) is 0 Å². The molecule has 2 N–H and O–H groups in total. The second-order valence-corrected chi connectivity index (χ2v) is 8.39. The van der Waals surface area contributed by atoms with Crippen molar-refractivity contribution in [2.24, 2.45) is 0 Å². The van der Waals surface area contributed by atoms with E-state index < -0.39 is 0 Å². The zero-order chi connectivity index (χ0) is 19.3. The number of hydrogen-bond acceptors (Lipinski definition) is 4. The smallest absolute Gasteiger partial charge is 0.214 e. The highest BCUT2D eigenvalue weighted by molar-refractivity contribution is 5.26. The first-order valence-electron chi connectivity index (χ1n) is 10.8. The van der Waals surface area contributed by atoms with Crippen LogP contribution >= 0.6 is 0 Å². The summed E-state index contributed by atoms with van der Waals surface area (Å²) in [4.78, 5) is 3.40. The number of aryl methyl sites for hydroxylation is 1. The lowest BCUT2D eigenvalue weighted by Gasteiger charge is -2.36. The molecule has 0 amide bonds. The van der Waals surface area contributed by atoms with E-state index in [9.17, 15) is 0 Å². The van der Waals surface area contributed by atoms with Crippen LogP contribution in [0.1, 0.15) is 48.7 Å². The molecule has 1 saturated heterocycles. The molecule has 152 valence electrons. The SMILES string of the molecule is COCCn1nnnc1[C@@H](c1ccc(C)cc1)[NH+]1CC[NH+](C2CCCC2)CC1. The molecule has 28 heavy (non-hydrogen) atoms. The van der Waals surface area contributed by atoms with Crippen molar-refractivity contribution in [1.82, 2.24) is 20.2 Å². The van der Waals surface area contributed by atoms with E-state index in [0.717, 1.165) is 11.9 Å². The fourth-order valence-corrected chi connectivity index (χ4v) is 5.00. The van der Waals surface area contributed by atoms with Gasteiger partial charge in [-0.15, -0.1) is 5.10 Å². The number of rotatable bonds is 7. The van der Waals surface area contributed by atoms with Crippen molar-refractivity contribution in [1.29, 1.82) is 0 Å². The maximum Gasteiger partial charge on any atom is 0.214 e. The standard InChI is InChI=1S/C21H32N6O/c1-17-7-9-18(10-8-17)20(21-22-23-24-27(21)15-16-28-2)26-13-11-25(12-14-26)19-5-3-4-6-19/h7-10,19-20H,3-6,11-16H2,1-2H3/p+2/t20-/m1/s1. The molecule has 1 aromatic carbocycles. The maximum atomic E-state index is 5.26. The Hall–Kier alpha value is -1.83. The normalized spacial score (nSPS) is 24.5. The molecule has 0 bridgehead atoms. The molecule has 1 saturated carbocycles.